The Morgan fingerprint density at radius 3 is 1.79 bits per heavy atom. The molecule has 3 N–H and O–H groups in total. The minimum absolute atomic E-state index is 0.160. The van der Waals surface area contributed by atoms with E-state index in [1.54, 1.807) is 0 Å². The average Bonchev–Trinajstić information content (AvgIpc) is 2.67. The second-order valence-corrected chi connectivity index (χ2v) is 7.96. The molecule has 0 heterocycles. The molecule has 0 rings (SSSR count). The minimum Gasteiger partial charge on any atom is -0.370 e. The fourth-order valence-electron chi connectivity index (χ4n) is 3.27. The highest BCUT2D eigenvalue weighted by atomic mass is 16.1. The molecule has 0 aliphatic heterocycles. The van der Waals surface area contributed by atoms with Crippen molar-refractivity contribution >= 4 is 11.8 Å². The maximum Gasteiger partial charge on any atom is 0.219 e. The van der Waals surface area contributed by atoms with Gasteiger partial charge in [-0.2, -0.15) is 0 Å². The zero-order valence-electron chi connectivity index (χ0n) is 18.5. The van der Waals surface area contributed by atoms with E-state index in [1.807, 2.05) is 0 Å². The predicted molar refractivity (Wildman–Crippen MR) is 120 cm³/mol. The quantitative estimate of drug-likeness (QED) is 0.180. The summed E-state index contributed by atoms with van der Waals surface area (Å²) in [5.74, 6) is -0.0826. The molecule has 0 unspecified atom stereocenters. The molecule has 4 nitrogen and oxygen atoms in total. The first-order valence-corrected chi connectivity index (χ1v) is 11.9. The van der Waals surface area contributed by atoms with Crippen molar-refractivity contribution in [2.45, 2.75) is 122 Å². The van der Waals surface area contributed by atoms with Crippen LogP contribution in [0.1, 0.15) is 122 Å². The zero-order valence-corrected chi connectivity index (χ0v) is 18.5. The van der Waals surface area contributed by atoms with Crippen LogP contribution in [0.25, 0.3) is 0 Å². The summed E-state index contributed by atoms with van der Waals surface area (Å²) in [7, 11) is 0. The van der Waals surface area contributed by atoms with E-state index in [0.717, 1.165) is 32.1 Å². The zero-order chi connectivity index (χ0) is 20.7. The van der Waals surface area contributed by atoms with Gasteiger partial charge in [-0.25, -0.2) is 0 Å². The molecule has 0 aromatic rings. The third kappa shape index (κ3) is 22.7. The van der Waals surface area contributed by atoms with Crippen molar-refractivity contribution in [3.05, 3.63) is 12.2 Å². The Morgan fingerprint density at radius 1 is 0.679 bits per heavy atom. The Morgan fingerprint density at radius 2 is 1.18 bits per heavy atom. The first-order chi connectivity index (χ1) is 13.7. The fourth-order valence-corrected chi connectivity index (χ4v) is 3.27. The Hall–Kier alpha value is -1.32. The fraction of sp³-hybridized carbons (Fsp3) is 0.833. The van der Waals surface area contributed by atoms with E-state index < -0.39 is 0 Å². The van der Waals surface area contributed by atoms with Gasteiger partial charge >= 0.3 is 0 Å². The monoisotopic (exact) mass is 394 g/mol. The van der Waals surface area contributed by atoms with Gasteiger partial charge in [0, 0.05) is 19.4 Å². The van der Waals surface area contributed by atoms with Gasteiger partial charge in [-0.15, -0.1) is 0 Å². The molecular formula is C24H46N2O2. The van der Waals surface area contributed by atoms with E-state index in [0.29, 0.717) is 19.4 Å². The number of rotatable bonds is 21. The van der Waals surface area contributed by atoms with Crippen molar-refractivity contribution < 1.29 is 9.59 Å². The molecule has 0 radical (unpaired) electrons. The van der Waals surface area contributed by atoms with Crippen LogP contribution in [-0.4, -0.2) is 18.4 Å². The van der Waals surface area contributed by atoms with Crippen molar-refractivity contribution in [3.8, 4) is 0 Å². The Kier molecular flexibility index (Phi) is 20.9. The van der Waals surface area contributed by atoms with Crippen LogP contribution in [0.5, 0.6) is 0 Å². The number of carbonyl (C=O) groups is 2. The number of amides is 2. The first-order valence-electron chi connectivity index (χ1n) is 11.9. The third-order valence-electron chi connectivity index (χ3n) is 5.09. The van der Waals surface area contributed by atoms with Gasteiger partial charge in [0.25, 0.3) is 0 Å². The summed E-state index contributed by atoms with van der Waals surface area (Å²) in [6.45, 7) is 2.97. The second-order valence-electron chi connectivity index (χ2n) is 7.96. The summed E-state index contributed by atoms with van der Waals surface area (Å²) >= 11 is 0. The van der Waals surface area contributed by atoms with Crippen molar-refractivity contribution in [2.24, 2.45) is 5.73 Å². The molecule has 0 aromatic carbocycles. The summed E-state index contributed by atoms with van der Waals surface area (Å²) in [4.78, 5) is 22.3. The molecule has 4 heteroatoms. The Bertz CT molecular complexity index is 394. The largest absolute Gasteiger partial charge is 0.370 e. The molecule has 0 aliphatic rings. The highest BCUT2D eigenvalue weighted by molar-refractivity contribution is 5.75. The number of carbonyl (C=O) groups excluding carboxylic acids is 2. The van der Waals surface area contributed by atoms with Gasteiger partial charge in [0.05, 0.1) is 0 Å². The topological polar surface area (TPSA) is 72.2 Å². The van der Waals surface area contributed by atoms with Gasteiger partial charge in [0.15, 0.2) is 0 Å². The molecule has 0 saturated heterocycles. The number of nitrogens with one attached hydrogen (secondary N) is 1. The second kappa shape index (κ2) is 22.0. The molecule has 164 valence electrons. The van der Waals surface area contributed by atoms with E-state index in [4.69, 9.17) is 5.73 Å². The van der Waals surface area contributed by atoms with Crippen molar-refractivity contribution in [3.63, 3.8) is 0 Å². The number of hydrogen-bond donors (Lipinski definition) is 2. The summed E-state index contributed by atoms with van der Waals surface area (Å²) in [5, 5.41) is 2.96. The first kappa shape index (κ1) is 26.7. The maximum absolute atomic E-state index is 11.7. The number of unbranched alkanes of at least 4 members (excludes halogenated alkanes) is 13. The van der Waals surface area contributed by atoms with Crippen molar-refractivity contribution in [1.82, 2.24) is 5.32 Å². The van der Waals surface area contributed by atoms with Gasteiger partial charge in [0.2, 0.25) is 11.8 Å². The molecule has 0 aliphatic carbocycles. The molecule has 0 atom stereocenters. The van der Waals surface area contributed by atoms with E-state index in [-0.39, 0.29) is 11.8 Å². The van der Waals surface area contributed by atoms with Gasteiger partial charge in [-0.1, -0.05) is 76.9 Å². The summed E-state index contributed by atoms with van der Waals surface area (Å²) in [6, 6.07) is 0. The Balaban J connectivity index is 3.22. The van der Waals surface area contributed by atoms with Crippen LogP contribution in [-0.2, 0) is 9.59 Å². The number of allylic oxidation sites excluding steroid dienone is 2. The molecule has 28 heavy (non-hydrogen) atoms. The molecule has 0 spiro atoms. The van der Waals surface area contributed by atoms with E-state index >= 15 is 0 Å². The van der Waals surface area contributed by atoms with E-state index in [9.17, 15) is 9.59 Å². The van der Waals surface area contributed by atoms with Crippen LogP contribution in [0.15, 0.2) is 12.2 Å². The van der Waals surface area contributed by atoms with Crippen LogP contribution in [0.3, 0.4) is 0 Å². The smallest absolute Gasteiger partial charge is 0.219 e. The molecule has 2 amide bonds. The van der Waals surface area contributed by atoms with Crippen molar-refractivity contribution in [1.29, 1.82) is 0 Å². The predicted octanol–water partition coefficient (Wildman–Crippen LogP) is 6.19. The lowest BCUT2D eigenvalue weighted by molar-refractivity contribution is -0.121. The lowest BCUT2D eigenvalue weighted by Crippen LogP contribution is -2.24. The number of primary amides is 1. The molecule has 0 aromatic heterocycles. The van der Waals surface area contributed by atoms with Crippen LogP contribution in [0, 0.1) is 0 Å². The van der Waals surface area contributed by atoms with Crippen LogP contribution >= 0.6 is 0 Å². The van der Waals surface area contributed by atoms with E-state index in [2.05, 4.69) is 24.4 Å². The average molecular weight is 395 g/mol. The minimum atomic E-state index is -0.242. The van der Waals surface area contributed by atoms with E-state index in [1.165, 1.54) is 70.6 Å². The lowest BCUT2D eigenvalue weighted by atomic mass is 10.1. The van der Waals surface area contributed by atoms with Gasteiger partial charge in [0.1, 0.15) is 0 Å². The highest BCUT2D eigenvalue weighted by Gasteiger charge is 2.01. The van der Waals surface area contributed by atoms with Crippen LogP contribution in [0.2, 0.25) is 0 Å². The summed E-state index contributed by atoms with van der Waals surface area (Å²) in [6.07, 6.45) is 25.1. The van der Waals surface area contributed by atoms with Crippen LogP contribution < -0.4 is 11.1 Å². The number of hydrogen-bond acceptors (Lipinski definition) is 2. The third-order valence-corrected chi connectivity index (χ3v) is 5.09. The SMILES string of the molecule is CCCCCCCCC=CCCCCCCCC(=O)NCCCCCC(N)=O. The molecule has 0 fully saturated rings. The Labute approximate surface area is 174 Å². The van der Waals surface area contributed by atoms with Gasteiger partial charge in [-0.05, 0) is 44.9 Å². The summed E-state index contributed by atoms with van der Waals surface area (Å²) in [5.41, 5.74) is 5.09. The standard InChI is InChI=1S/C24H46N2O2/c1-2-3-4-5-6-7-8-9-10-11-12-13-14-15-18-21-24(28)26-22-19-16-17-20-23(25)27/h9-10H,2-8,11-22H2,1H3,(H2,25,27)(H,26,28). The van der Waals surface area contributed by atoms with Gasteiger partial charge in [-0.3, -0.25) is 9.59 Å². The lowest BCUT2D eigenvalue weighted by Gasteiger charge is -2.05. The molecular weight excluding hydrogens is 348 g/mol. The normalized spacial score (nSPS) is 11.2. The maximum atomic E-state index is 11.7. The van der Waals surface area contributed by atoms with Gasteiger partial charge < -0.3 is 11.1 Å². The number of nitrogens with two attached hydrogens (primary N) is 1. The molecule has 0 bridgehead atoms. The van der Waals surface area contributed by atoms with Crippen LogP contribution in [0.4, 0.5) is 0 Å². The van der Waals surface area contributed by atoms with Crippen molar-refractivity contribution in [2.75, 3.05) is 6.54 Å². The highest BCUT2D eigenvalue weighted by Crippen LogP contribution is 2.10. The summed E-state index contributed by atoms with van der Waals surface area (Å²) < 4.78 is 0. The molecule has 0 saturated carbocycles.